The van der Waals surface area contributed by atoms with Crippen LogP contribution in [0.15, 0.2) is 41.6 Å². The van der Waals surface area contributed by atoms with Crippen LogP contribution in [-0.4, -0.2) is 10.7 Å². The zero-order chi connectivity index (χ0) is 13.9. The molecule has 3 rings (SSSR count). The number of rotatable bonds is 3. The van der Waals surface area contributed by atoms with Gasteiger partial charge in [-0.1, -0.05) is 11.6 Å². The van der Waals surface area contributed by atoms with Gasteiger partial charge in [0.1, 0.15) is 0 Å². The van der Waals surface area contributed by atoms with Gasteiger partial charge in [-0.25, -0.2) is 0 Å². The van der Waals surface area contributed by atoms with Crippen molar-refractivity contribution in [3.8, 4) is 0 Å². The van der Waals surface area contributed by atoms with Gasteiger partial charge in [0.15, 0.2) is 0 Å². The maximum absolute atomic E-state index is 6.14. The van der Waals surface area contributed by atoms with Crippen LogP contribution in [0.2, 0.25) is 5.02 Å². The summed E-state index contributed by atoms with van der Waals surface area (Å²) in [6.45, 7) is 2.97. The minimum absolute atomic E-state index is 0.379. The molecule has 2 nitrogen and oxygen atoms in total. The van der Waals surface area contributed by atoms with Crippen LogP contribution in [0.1, 0.15) is 29.2 Å². The number of hydrogen-bond acceptors (Lipinski definition) is 3. The lowest BCUT2D eigenvalue weighted by atomic mass is 10.0. The second-order valence-electron chi connectivity index (χ2n) is 5.05. The monoisotopic (exact) mass is 304 g/mol. The summed E-state index contributed by atoms with van der Waals surface area (Å²) in [7, 11) is 0. The highest BCUT2D eigenvalue weighted by Crippen LogP contribution is 2.37. The van der Waals surface area contributed by atoms with Gasteiger partial charge in [0.25, 0.3) is 0 Å². The fourth-order valence-corrected chi connectivity index (χ4v) is 3.78. The number of pyridine rings is 1. The predicted molar refractivity (Wildman–Crippen MR) is 85.3 cm³/mol. The molecule has 0 radical (unpaired) electrons. The van der Waals surface area contributed by atoms with E-state index in [1.165, 1.54) is 21.6 Å². The van der Waals surface area contributed by atoms with Crippen molar-refractivity contribution in [2.24, 2.45) is 0 Å². The molecule has 2 aromatic rings. The van der Waals surface area contributed by atoms with Crippen LogP contribution in [0.25, 0.3) is 0 Å². The number of thioether (sulfide) groups is 1. The second kappa shape index (κ2) is 6.17. The second-order valence-corrected chi connectivity index (χ2v) is 6.63. The Morgan fingerprint density at radius 2 is 2.30 bits per heavy atom. The summed E-state index contributed by atoms with van der Waals surface area (Å²) < 4.78 is 0. The van der Waals surface area contributed by atoms with Crippen LogP contribution >= 0.6 is 23.4 Å². The topological polar surface area (TPSA) is 24.9 Å². The van der Waals surface area contributed by atoms with Crippen molar-refractivity contribution in [2.75, 3.05) is 5.75 Å². The molecule has 0 saturated carbocycles. The Kier molecular flexibility index (Phi) is 4.29. The quantitative estimate of drug-likeness (QED) is 0.911. The van der Waals surface area contributed by atoms with Crippen molar-refractivity contribution in [1.29, 1.82) is 0 Å². The summed E-state index contributed by atoms with van der Waals surface area (Å²) >= 11 is 8.05. The molecule has 104 valence electrons. The third kappa shape index (κ3) is 3.00. The van der Waals surface area contributed by atoms with Crippen LogP contribution in [0.3, 0.4) is 0 Å². The van der Waals surface area contributed by atoms with Crippen molar-refractivity contribution in [2.45, 2.75) is 30.8 Å². The Morgan fingerprint density at radius 3 is 3.15 bits per heavy atom. The van der Waals surface area contributed by atoms with E-state index in [4.69, 9.17) is 11.6 Å². The van der Waals surface area contributed by atoms with Crippen LogP contribution in [0, 0.1) is 6.92 Å². The Hall–Kier alpha value is -1.03. The number of aromatic nitrogens is 1. The van der Waals surface area contributed by atoms with Gasteiger partial charge in [0, 0.05) is 34.9 Å². The zero-order valence-corrected chi connectivity index (χ0v) is 13.0. The number of fused-ring (bicyclic) bond motifs is 1. The first-order chi connectivity index (χ1) is 9.74. The molecule has 0 spiro atoms. The first-order valence-electron chi connectivity index (χ1n) is 6.79. The molecule has 1 unspecified atom stereocenters. The molecule has 0 fully saturated rings. The SMILES string of the molecule is Cc1ccncc1CNC1CCSc2ccc(Cl)cc21. The van der Waals surface area contributed by atoms with Gasteiger partial charge >= 0.3 is 0 Å². The molecule has 1 N–H and O–H groups in total. The van der Waals surface area contributed by atoms with Gasteiger partial charge in [-0.2, -0.15) is 0 Å². The van der Waals surface area contributed by atoms with Crippen molar-refractivity contribution >= 4 is 23.4 Å². The zero-order valence-electron chi connectivity index (χ0n) is 11.4. The number of benzene rings is 1. The molecular formula is C16H17ClN2S. The molecule has 1 aliphatic heterocycles. The highest BCUT2D eigenvalue weighted by atomic mass is 35.5. The Bertz CT molecular complexity index is 615. The molecule has 1 aromatic carbocycles. The van der Waals surface area contributed by atoms with E-state index in [0.717, 1.165) is 23.7 Å². The number of nitrogens with zero attached hydrogens (tertiary/aromatic N) is 1. The molecular weight excluding hydrogens is 288 g/mol. The highest BCUT2D eigenvalue weighted by Gasteiger charge is 2.20. The third-order valence-corrected chi connectivity index (χ3v) is 5.06. The van der Waals surface area contributed by atoms with Gasteiger partial charge in [0.05, 0.1) is 0 Å². The van der Waals surface area contributed by atoms with Crippen LogP contribution in [0.5, 0.6) is 0 Å². The molecule has 1 atom stereocenters. The van der Waals surface area contributed by atoms with Crippen molar-refractivity contribution in [1.82, 2.24) is 10.3 Å². The van der Waals surface area contributed by atoms with Gasteiger partial charge in [0.2, 0.25) is 0 Å². The molecule has 1 aromatic heterocycles. The summed E-state index contributed by atoms with van der Waals surface area (Å²) in [5.41, 5.74) is 3.87. The number of hydrogen-bond donors (Lipinski definition) is 1. The van der Waals surface area contributed by atoms with Crippen LogP contribution in [0.4, 0.5) is 0 Å². The van der Waals surface area contributed by atoms with Gasteiger partial charge in [-0.05, 0) is 60.1 Å². The van der Waals surface area contributed by atoms with E-state index in [1.54, 1.807) is 0 Å². The summed E-state index contributed by atoms with van der Waals surface area (Å²) in [4.78, 5) is 5.55. The summed E-state index contributed by atoms with van der Waals surface area (Å²) in [6, 6.07) is 8.63. The molecule has 0 saturated heterocycles. The van der Waals surface area contributed by atoms with E-state index in [2.05, 4.69) is 35.4 Å². The fourth-order valence-electron chi connectivity index (χ4n) is 2.49. The van der Waals surface area contributed by atoms with Gasteiger partial charge < -0.3 is 5.32 Å². The largest absolute Gasteiger partial charge is 0.306 e. The number of aryl methyl sites for hydroxylation is 1. The average Bonchev–Trinajstić information content (AvgIpc) is 2.46. The summed E-state index contributed by atoms with van der Waals surface area (Å²) in [6.07, 6.45) is 4.92. The maximum atomic E-state index is 6.14. The number of nitrogens with one attached hydrogen (secondary N) is 1. The van der Waals surface area contributed by atoms with Gasteiger partial charge in [-0.15, -0.1) is 11.8 Å². The van der Waals surface area contributed by atoms with Gasteiger partial charge in [-0.3, -0.25) is 4.98 Å². The van der Waals surface area contributed by atoms with Crippen molar-refractivity contribution in [3.05, 3.63) is 58.4 Å². The minimum Gasteiger partial charge on any atom is -0.306 e. The Labute approximate surface area is 129 Å². The standard InChI is InChI=1S/C16H17ClN2S/c1-11-4-6-18-9-12(11)10-19-15-5-7-20-16-3-2-13(17)8-14(15)16/h2-4,6,8-9,15,19H,5,7,10H2,1H3. The highest BCUT2D eigenvalue weighted by molar-refractivity contribution is 7.99. The molecule has 20 heavy (non-hydrogen) atoms. The van der Waals surface area contributed by atoms with E-state index < -0.39 is 0 Å². The predicted octanol–water partition coefficient (Wildman–Crippen LogP) is 4.37. The van der Waals surface area contributed by atoms with E-state index in [1.807, 2.05) is 30.2 Å². The fraction of sp³-hybridized carbons (Fsp3) is 0.312. The number of halogens is 1. The Morgan fingerprint density at radius 1 is 1.40 bits per heavy atom. The van der Waals surface area contributed by atoms with E-state index in [-0.39, 0.29) is 0 Å². The first kappa shape index (κ1) is 13.9. The summed E-state index contributed by atoms with van der Waals surface area (Å²) in [5.74, 6) is 1.15. The Balaban J connectivity index is 1.77. The molecule has 1 aliphatic rings. The van der Waals surface area contributed by atoms with Crippen LogP contribution < -0.4 is 5.32 Å². The van der Waals surface area contributed by atoms with Crippen molar-refractivity contribution < 1.29 is 0 Å². The molecule has 0 bridgehead atoms. The van der Waals surface area contributed by atoms with E-state index in [0.29, 0.717) is 6.04 Å². The van der Waals surface area contributed by atoms with E-state index in [9.17, 15) is 0 Å². The van der Waals surface area contributed by atoms with Crippen molar-refractivity contribution in [3.63, 3.8) is 0 Å². The minimum atomic E-state index is 0.379. The molecule has 0 aliphatic carbocycles. The smallest absolute Gasteiger partial charge is 0.0410 e. The lowest BCUT2D eigenvalue weighted by Crippen LogP contribution is -2.24. The molecule has 0 amide bonds. The maximum Gasteiger partial charge on any atom is 0.0410 e. The van der Waals surface area contributed by atoms with Crippen LogP contribution in [-0.2, 0) is 6.54 Å². The first-order valence-corrected chi connectivity index (χ1v) is 8.15. The average molecular weight is 305 g/mol. The third-order valence-electron chi connectivity index (χ3n) is 3.70. The molecule has 4 heteroatoms. The lowest BCUT2D eigenvalue weighted by Gasteiger charge is -2.26. The normalized spacial score (nSPS) is 17.8. The molecule has 2 heterocycles. The summed E-state index contributed by atoms with van der Waals surface area (Å²) in [5, 5.41) is 4.47. The lowest BCUT2D eigenvalue weighted by molar-refractivity contribution is 0.508. The van der Waals surface area contributed by atoms with E-state index >= 15 is 0 Å².